The molecule has 0 spiro atoms. The number of alkyl halides is 3. The van der Waals surface area contributed by atoms with Crippen molar-refractivity contribution in [2.24, 2.45) is 7.05 Å². The zero-order chi connectivity index (χ0) is 25.0. The minimum atomic E-state index is -4.88. The lowest BCUT2D eigenvalue weighted by Crippen LogP contribution is -2.39. The van der Waals surface area contributed by atoms with Crippen molar-refractivity contribution < 1.29 is 22.7 Å². The van der Waals surface area contributed by atoms with Crippen LogP contribution in [0.25, 0.3) is 0 Å². The van der Waals surface area contributed by atoms with Gasteiger partial charge in [-0.25, -0.2) is 4.79 Å². The Bertz CT molecular complexity index is 1290. The number of hydrogen-bond acceptors (Lipinski definition) is 6. The third kappa shape index (κ3) is 6.04. The lowest BCUT2D eigenvalue weighted by Gasteiger charge is -2.27. The number of nitrogens with zero attached hydrogens (tertiary/aromatic N) is 2. The molecule has 0 aliphatic rings. The third-order valence-electron chi connectivity index (χ3n) is 4.77. The maximum absolute atomic E-state index is 12.9. The van der Waals surface area contributed by atoms with Crippen molar-refractivity contribution >= 4 is 23.1 Å². The molecule has 3 rings (SSSR count). The average Bonchev–Trinajstić information content (AvgIpc) is 2.72. The van der Waals surface area contributed by atoms with Crippen molar-refractivity contribution in [1.82, 2.24) is 9.55 Å². The van der Waals surface area contributed by atoms with Gasteiger partial charge in [0.1, 0.15) is 11.6 Å². The highest BCUT2D eigenvalue weighted by Gasteiger charge is 2.31. The van der Waals surface area contributed by atoms with Gasteiger partial charge in [0.05, 0.1) is 6.54 Å². The summed E-state index contributed by atoms with van der Waals surface area (Å²) < 4.78 is 43.2. The first-order chi connectivity index (χ1) is 16.0. The van der Waals surface area contributed by atoms with Crippen LogP contribution in [0, 0.1) is 6.92 Å². The molecule has 2 aromatic carbocycles. The summed E-state index contributed by atoms with van der Waals surface area (Å²) in [5, 5.41) is 4.68. The Morgan fingerprint density at radius 2 is 1.85 bits per heavy atom. The molecule has 1 aromatic heterocycles. The molecule has 2 N–H and O–H groups in total. The first-order valence-corrected chi connectivity index (χ1v) is 10.5. The number of aromatic amines is 1. The number of ether oxygens (including phenoxy) is 1. The fourth-order valence-corrected chi connectivity index (χ4v) is 3.44. The van der Waals surface area contributed by atoms with E-state index in [9.17, 15) is 22.8 Å². The number of rotatable bonds is 8. The number of halogens is 4. The van der Waals surface area contributed by atoms with Crippen LogP contribution in [0.15, 0.2) is 52.1 Å². The second-order valence-corrected chi connectivity index (χ2v) is 7.70. The van der Waals surface area contributed by atoms with Crippen LogP contribution in [0.2, 0.25) is 5.02 Å². The Hall–Kier alpha value is -3.60. The van der Waals surface area contributed by atoms with E-state index < -0.39 is 23.4 Å². The number of hydroxylamine groups is 1. The summed E-state index contributed by atoms with van der Waals surface area (Å²) >= 11 is 6.05. The monoisotopic (exact) mass is 498 g/mol. The normalized spacial score (nSPS) is 11.3. The summed E-state index contributed by atoms with van der Waals surface area (Å²) in [4.78, 5) is 33.1. The second kappa shape index (κ2) is 10.1. The number of benzene rings is 2. The van der Waals surface area contributed by atoms with Gasteiger partial charge in [0.15, 0.2) is 11.4 Å². The van der Waals surface area contributed by atoms with Crippen molar-refractivity contribution in [1.29, 1.82) is 0 Å². The van der Waals surface area contributed by atoms with E-state index in [0.717, 1.165) is 23.3 Å². The highest BCUT2D eigenvalue weighted by atomic mass is 35.5. The number of anilines is 2. The molecule has 0 atom stereocenters. The van der Waals surface area contributed by atoms with E-state index in [1.54, 1.807) is 25.1 Å². The maximum Gasteiger partial charge on any atom is 0.573 e. The van der Waals surface area contributed by atoms with E-state index in [2.05, 4.69) is 15.0 Å². The van der Waals surface area contributed by atoms with E-state index >= 15 is 0 Å². The molecule has 3 aromatic rings. The van der Waals surface area contributed by atoms with Gasteiger partial charge in [0.25, 0.3) is 5.56 Å². The SMILES string of the molecule is CCNc1c(N(Cc2ccc(Cl)cc2C)Oc2cccc(OC(F)(F)F)c2)c(=O)[nH]c(=O)n1C. The molecule has 0 amide bonds. The third-order valence-corrected chi connectivity index (χ3v) is 5.00. The van der Waals surface area contributed by atoms with E-state index in [1.165, 1.54) is 28.8 Å². The summed E-state index contributed by atoms with van der Waals surface area (Å²) in [6.07, 6.45) is -4.88. The molecule has 182 valence electrons. The number of aryl methyl sites for hydroxylation is 1. The second-order valence-electron chi connectivity index (χ2n) is 7.27. The van der Waals surface area contributed by atoms with Crippen molar-refractivity contribution in [3.8, 4) is 11.5 Å². The zero-order valence-electron chi connectivity index (χ0n) is 18.5. The molecule has 0 saturated carbocycles. The first kappa shape index (κ1) is 25.0. The van der Waals surface area contributed by atoms with Crippen molar-refractivity contribution in [2.45, 2.75) is 26.8 Å². The lowest BCUT2D eigenvalue weighted by atomic mass is 10.1. The molecule has 0 aliphatic carbocycles. The standard InChI is InChI=1S/C22H22ClF3N4O4/c1-4-27-19-18(20(31)28-21(32)29(19)3)30(12-14-8-9-15(23)10-13(14)2)34-17-7-5-6-16(11-17)33-22(24,25)26/h5-11,27H,4,12H2,1-3H3,(H,28,31,32). The fourth-order valence-electron chi connectivity index (χ4n) is 3.21. The maximum atomic E-state index is 12.9. The Kier molecular flexibility index (Phi) is 7.45. The lowest BCUT2D eigenvalue weighted by molar-refractivity contribution is -0.274. The molecule has 0 aliphatic heterocycles. The minimum absolute atomic E-state index is 0.00698. The van der Waals surface area contributed by atoms with Gasteiger partial charge < -0.3 is 14.9 Å². The van der Waals surface area contributed by atoms with Crippen LogP contribution in [0.3, 0.4) is 0 Å². The molecule has 12 heteroatoms. The van der Waals surface area contributed by atoms with Crippen LogP contribution in [-0.2, 0) is 13.6 Å². The summed E-state index contributed by atoms with van der Waals surface area (Å²) in [5.41, 5.74) is 0.0889. The van der Waals surface area contributed by atoms with Crippen molar-refractivity contribution in [2.75, 3.05) is 16.9 Å². The Morgan fingerprint density at radius 1 is 1.15 bits per heavy atom. The highest BCUT2D eigenvalue weighted by molar-refractivity contribution is 6.30. The first-order valence-electron chi connectivity index (χ1n) is 10.1. The van der Waals surface area contributed by atoms with E-state index in [0.29, 0.717) is 11.6 Å². The molecular weight excluding hydrogens is 477 g/mol. The zero-order valence-corrected chi connectivity index (χ0v) is 19.3. The van der Waals surface area contributed by atoms with Crippen LogP contribution < -0.4 is 31.2 Å². The summed E-state index contributed by atoms with van der Waals surface area (Å²) in [6.45, 7) is 3.98. The summed E-state index contributed by atoms with van der Waals surface area (Å²) in [5.74, 6) is -0.344. The number of aromatic nitrogens is 2. The molecular formula is C22H22ClF3N4O4. The molecule has 0 bridgehead atoms. The van der Waals surface area contributed by atoms with Crippen molar-refractivity contribution in [3.05, 3.63) is 79.5 Å². The minimum Gasteiger partial charge on any atom is -0.406 e. The van der Waals surface area contributed by atoms with Gasteiger partial charge in [-0.15, -0.1) is 13.2 Å². The Balaban J connectivity index is 2.11. The van der Waals surface area contributed by atoms with Crippen LogP contribution >= 0.6 is 11.6 Å². The number of nitrogens with one attached hydrogen (secondary N) is 2. The molecule has 8 nitrogen and oxygen atoms in total. The topological polar surface area (TPSA) is 88.6 Å². The number of hydrogen-bond donors (Lipinski definition) is 2. The van der Waals surface area contributed by atoms with E-state index in [-0.39, 0.29) is 23.8 Å². The van der Waals surface area contributed by atoms with Crippen LogP contribution in [0.1, 0.15) is 18.1 Å². The van der Waals surface area contributed by atoms with Crippen LogP contribution in [0.4, 0.5) is 24.7 Å². The fraction of sp³-hybridized carbons (Fsp3) is 0.273. The van der Waals surface area contributed by atoms with Crippen molar-refractivity contribution in [3.63, 3.8) is 0 Å². The van der Waals surface area contributed by atoms with Crippen LogP contribution in [-0.4, -0.2) is 22.5 Å². The van der Waals surface area contributed by atoms with E-state index in [1.807, 2.05) is 6.92 Å². The molecule has 34 heavy (non-hydrogen) atoms. The van der Waals surface area contributed by atoms with Gasteiger partial charge in [-0.1, -0.05) is 23.7 Å². The summed E-state index contributed by atoms with van der Waals surface area (Å²) in [7, 11) is 1.46. The van der Waals surface area contributed by atoms with Gasteiger partial charge in [-0.2, -0.15) is 5.06 Å². The van der Waals surface area contributed by atoms with Gasteiger partial charge in [0, 0.05) is 24.7 Å². The molecule has 0 unspecified atom stereocenters. The largest absolute Gasteiger partial charge is 0.573 e. The molecule has 0 radical (unpaired) electrons. The number of H-pyrrole nitrogens is 1. The van der Waals surface area contributed by atoms with E-state index in [4.69, 9.17) is 16.4 Å². The quantitative estimate of drug-likeness (QED) is 0.448. The smallest absolute Gasteiger partial charge is 0.406 e. The predicted molar refractivity (Wildman–Crippen MR) is 123 cm³/mol. The Labute approximate surface area is 197 Å². The van der Waals surface area contributed by atoms with Gasteiger partial charge in [-0.05, 0) is 49.2 Å². The average molecular weight is 499 g/mol. The van der Waals surface area contributed by atoms with Crippen LogP contribution in [0.5, 0.6) is 11.5 Å². The predicted octanol–water partition coefficient (Wildman–Crippen LogP) is 4.37. The van der Waals surface area contributed by atoms with Gasteiger partial charge >= 0.3 is 12.1 Å². The summed E-state index contributed by atoms with van der Waals surface area (Å²) in [6, 6.07) is 10.0. The van der Waals surface area contributed by atoms with Gasteiger partial charge in [-0.3, -0.25) is 14.3 Å². The molecule has 0 saturated heterocycles. The highest BCUT2D eigenvalue weighted by Crippen LogP contribution is 2.29. The molecule has 0 fully saturated rings. The Morgan fingerprint density at radius 3 is 2.50 bits per heavy atom. The molecule has 1 heterocycles. The van der Waals surface area contributed by atoms with Gasteiger partial charge in [0.2, 0.25) is 0 Å².